The van der Waals surface area contributed by atoms with Crippen molar-refractivity contribution in [3.8, 4) is 0 Å². The Bertz CT molecular complexity index is 332. The number of nitrogens with zero attached hydrogens (tertiary/aromatic N) is 3. The Balaban J connectivity index is 1.68. The van der Waals surface area contributed by atoms with Crippen LogP contribution in [0.15, 0.2) is 3.92 Å². The average molecular weight is 288 g/mol. The van der Waals surface area contributed by atoms with E-state index < -0.39 is 0 Å². The molecule has 0 aromatic carbocycles. The molecule has 1 heterocycles. The second kappa shape index (κ2) is 4.01. The van der Waals surface area contributed by atoms with Crippen molar-refractivity contribution < 1.29 is 0 Å². The summed E-state index contributed by atoms with van der Waals surface area (Å²) in [5.41, 5.74) is 0. The van der Waals surface area contributed by atoms with Crippen molar-refractivity contribution in [3.63, 3.8) is 0 Å². The van der Waals surface area contributed by atoms with Gasteiger partial charge in [0.1, 0.15) is 0 Å². The molecule has 2 saturated carbocycles. The van der Waals surface area contributed by atoms with Crippen LogP contribution in [0.1, 0.15) is 25.7 Å². The lowest BCUT2D eigenvalue weighted by molar-refractivity contribution is 0.674. The van der Waals surface area contributed by atoms with Gasteiger partial charge in [-0.3, -0.25) is 0 Å². The summed E-state index contributed by atoms with van der Waals surface area (Å²) in [5, 5.41) is 9.36. The number of hydrogen-bond donors (Lipinski definition) is 0. The minimum atomic E-state index is 0.897. The second-order valence-electron chi connectivity index (χ2n) is 4.63. The molecule has 15 heavy (non-hydrogen) atoms. The number of hydrogen-bond acceptors (Lipinski definition) is 4. The summed E-state index contributed by atoms with van der Waals surface area (Å²) < 4.78 is 0.897. The van der Waals surface area contributed by atoms with Crippen molar-refractivity contribution in [1.29, 1.82) is 0 Å². The molecule has 0 radical (unpaired) electrons. The van der Waals surface area contributed by atoms with E-state index in [2.05, 4.69) is 31.0 Å². The zero-order valence-corrected chi connectivity index (χ0v) is 10.9. The molecule has 0 unspecified atom stereocenters. The molecule has 0 atom stereocenters. The average Bonchev–Trinajstić information content (AvgIpc) is 3.11. The first-order chi connectivity index (χ1) is 7.31. The molecule has 5 heteroatoms. The van der Waals surface area contributed by atoms with Crippen molar-refractivity contribution >= 4 is 32.4 Å². The fourth-order valence-corrected chi connectivity index (χ4v) is 2.89. The molecular formula is C10H14BrN3S. The van der Waals surface area contributed by atoms with Crippen LogP contribution in [0.2, 0.25) is 0 Å². The molecule has 3 rings (SSSR count). The molecule has 2 aliphatic rings. The smallest absolute Gasteiger partial charge is 0.209 e. The van der Waals surface area contributed by atoms with E-state index in [-0.39, 0.29) is 0 Å². The van der Waals surface area contributed by atoms with Gasteiger partial charge in [0.15, 0.2) is 3.92 Å². The first-order valence-electron chi connectivity index (χ1n) is 5.55. The van der Waals surface area contributed by atoms with E-state index >= 15 is 0 Å². The highest BCUT2D eigenvalue weighted by atomic mass is 79.9. The van der Waals surface area contributed by atoms with E-state index in [0.29, 0.717) is 0 Å². The second-order valence-corrected chi connectivity index (χ2v) is 6.86. The zero-order valence-electron chi connectivity index (χ0n) is 8.53. The van der Waals surface area contributed by atoms with Gasteiger partial charge in [0, 0.05) is 13.1 Å². The highest BCUT2D eigenvalue weighted by Gasteiger charge is 2.30. The molecule has 0 bridgehead atoms. The van der Waals surface area contributed by atoms with E-state index in [4.69, 9.17) is 0 Å². The highest BCUT2D eigenvalue weighted by molar-refractivity contribution is 9.11. The largest absolute Gasteiger partial charge is 0.346 e. The van der Waals surface area contributed by atoms with Crippen LogP contribution in [0.4, 0.5) is 5.13 Å². The van der Waals surface area contributed by atoms with Gasteiger partial charge < -0.3 is 4.90 Å². The summed E-state index contributed by atoms with van der Waals surface area (Å²) in [6.07, 6.45) is 5.62. The molecule has 2 aliphatic carbocycles. The van der Waals surface area contributed by atoms with Crippen LogP contribution in [-0.4, -0.2) is 23.3 Å². The predicted molar refractivity (Wildman–Crippen MR) is 65.3 cm³/mol. The quantitative estimate of drug-likeness (QED) is 0.834. The van der Waals surface area contributed by atoms with Crippen molar-refractivity contribution in [1.82, 2.24) is 10.2 Å². The molecule has 0 aliphatic heterocycles. The van der Waals surface area contributed by atoms with E-state index in [9.17, 15) is 0 Å². The lowest BCUT2D eigenvalue weighted by atomic mass is 10.3. The molecule has 82 valence electrons. The van der Waals surface area contributed by atoms with Gasteiger partial charge in [-0.1, -0.05) is 11.3 Å². The molecule has 0 spiro atoms. The summed E-state index contributed by atoms with van der Waals surface area (Å²) in [6.45, 7) is 2.39. The first kappa shape index (κ1) is 10.0. The summed E-state index contributed by atoms with van der Waals surface area (Å²) in [4.78, 5) is 2.44. The molecule has 0 amide bonds. The van der Waals surface area contributed by atoms with Gasteiger partial charge in [-0.15, -0.1) is 10.2 Å². The zero-order chi connectivity index (χ0) is 10.3. The van der Waals surface area contributed by atoms with Crippen LogP contribution >= 0.6 is 27.3 Å². The Labute approximate surface area is 102 Å². The van der Waals surface area contributed by atoms with Crippen LogP contribution in [0.5, 0.6) is 0 Å². The van der Waals surface area contributed by atoms with Gasteiger partial charge in [-0.25, -0.2) is 0 Å². The molecular weight excluding hydrogens is 274 g/mol. The van der Waals surface area contributed by atoms with Crippen LogP contribution in [0.3, 0.4) is 0 Å². The van der Waals surface area contributed by atoms with Crippen LogP contribution in [-0.2, 0) is 0 Å². The maximum atomic E-state index is 4.23. The third kappa shape index (κ3) is 2.69. The third-order valence-electron chi connectivity index (χ3n) is 3.01. The molecule has 0 saturated heterocycles. The molecule has 3 nitrogen and oxygen atoms in total. The molecule has 0 N–H and O–H groups in total. The summed E-state index contributed by atoms with van der Waals surface area (Å²) in [5.74, 6) is 1.85. The Hall–Kier alpha value is -0.160. The molecule has 1 aromatic heterocycles. The lowest BCUT2D eigenvalue weighted by Gasteiger charge is -2.20. The minimum absolute atomic E-state index is 0.897. The Morgan fingerprint density at radius 2 is 1.73 bits per heavy atom. The number of halogens is 1. The maximum absolute atomic E-state index is 4.23. The lowest BCUT2D eigenvalue weighted by Crippen LogP contribution is -2.27. The SMILES string of the molecule is Brc1nnc(N(CC2CC2)CC2CC2)s1. The van der Waals surface area contributed by atoms with Gasteiger partial charge in [0.2, 0.25) is 5.13 Å². The molecule has 2 fully saturated rings. The van der Waals surface area contributed by atoms with Gasteiger partial charge in [0.25, 0.3) is 0 Å². The minimum Gasteiger partial charge on any atom is -0.346 e. The summed E-state index contributed by atoms with van der Waals surface area (Å²) in [7, 11) is 0. The Morgan fingerprint density at radius 1 is 1.13 bits per heavy atom. The number of anilines is 1. The van der Waals surface area contributed by atoms with Crippen LogP contribution in [0, 0.1) is 11.8 Å². The Kier molecular flexibility index (Phi) is 2.68. The van der Waals surface area contributed by atoms with Gasteiger partial charge in [-0.05, 0) is 53.4 Å². The van der Waals surface area contributed by atoms with E-state index in [1.807, 2.05) is 0 Å². The van der Waals surface area contributed by atoms with Gasteiger partial charge in [0.05, 0.1) is 0 Å². The summed E-state index contributed by atoms with van der Waals surface area (Å²) >= 11 is 5.04. The van der Waals surface area contributed by atoms with Crippen molar-refractivity contribution in [2.75, 3.05) is 18.0 Å². The fraction of sp³-hybridized carbons (Fsp3) is 0.800. The number of aromatic nitrogens is 2. The highest BCUT2D eigenvalue weighted by Crippen LogP contribution is 2.36. The van der Waals surface area contributed by atoms with Crippen LogP contribution < -0.4 is 4.90 Å². The van der Waals surface area contributed by atoms with Crippen molar-refractivity contribution in [3.05, 3.63) is 3.92 Å². The fourth-order valence-electron chi connectivity index (χ4n) is 1.78. The van der Waals surface area contributed by atoms with Crippen LogP contribution in [0.25, 0.3) is 0 Å². The third-order valence-corrected chi connectivity index (χ3v) is 4.43. The van der Waals surface area contributed by atoms with Gasteiger partial charge >= 0.3 is 0 Å². The maximum Gasteiger partial charge on any atom is 0.209 e. The topological polar surface area (TPSA) is 29.0 Å². The van der Waals surface area contributed by atoms with E-state index in [0.717, 1.165) is 20.9 Å². The monoisotopic (exact) mass is 287 g/mol. The van der Waals surface area contributed by atoms with Crippen molar-refractivity contribution in [2.45, 2.75) is 25.7 Å². The molecule has 1 aromatic rings. The van der Waals surface area contributed by atoms with Crippen molar-refractivity contribution in [2.24, 2.45) is 11.8 Å². The van der Waals surface area contributed by atoms with Gasteiger partial charge in [-0.2, -0.15) is 0 Å². The summed E-state index contributed by atoms with van der Waals surface area (Å²) in [6, 6.07) is 0. The predicted octanol–water partition coefficient (Wildman–Crippen LogP) is 2.93. The Morgan fingerprint density at radius 3 is 2.13 bits per heavy atom. The first-order valence-corrected chi connectivity index (χ1v) is 7.16. The normalized spacial score (nSPS) is 20.6. The van der Waals surface area contributed by atoms with E-state index in [1.54, 1.807) is 11.3 Å². The standard InChI is InChI=1S/C10H14BrN3S/c11-9-12-13-10(15-9)14(5-7-1-2-7)6-8-3-4-8/h7-8H,1-6H2. The van der Waals surface area contributed by atoms with E-state index in [1.165, 1.54) is 38.8 Å². The number of rotatable bonds is 5.